The number of nitrogens with zero attached hydrogens (tertiary/aromatic N) is 4. The van der Waals surface area contributed by atoms with E-state index in [-0.39, 0.29) is 58.0 Å². The quantitative estimate of drug-likeness (QED) is 0.267. The number of piperazine rings is 1. The summed E-state index contributed by atoms with van der Waals surface area (Å²) in [5.74, 6) is -4.29. The number of ether oxygens (including phenoxy) is 1. The van der Waals surface area contributed by atoms with Crippen LogP contribution >= 0.6 is 0 Å². The largest absolute Gasteiger partial charge is 0.508 e. The van der Waals surface area contributed by atoms with E-state index < -0.39 is 46.0 Å². The summed E-state index contributed by atoms with van der Waals surface area (Å²) in [5.41, 5.74) is -1.91. The van der Waals surface area contributed by atoms with E-state index in [1.807, 2.05) is 4.90 Å². The van der Waals surface area contributed by atoms with Gasteiger partial charge in [-0.2, -0.15) is 9.97 Å². The number of alkyl halides is 1. The second kappa shape index (κ2) is 10.1. The number of aromatic nitrogens is 2. The predicted octanol–water partition coefficient (Wildman–Crippen LogP) is 5.17. The summed E-state index contributed by atoms with van der Waals surface area (Å²) in [7, 11) is 0. The highest BCUT2D eigenvalue weighted by molar-refractivity contribution is 6.04. The summed E-state index contributed by atoms with van der Waals surface area (Å²) in [6.45, 7) is 2.18. The van der Waals surface area contributed by atoms with Gasteiger partial charge in [-0.3, -0.25) is 4.90 Å². The number of benzene rings is 3. The Morgan fingerprint density at radius 1 is 1.00 bits per heavy atom. The number of phenols is 2. The smallest absolute Gasteiger partial charge is 0.319 e. The Morgan fingerprint density at radius 3 is 2.59 bits per heavy atom. The van der Waals surface area contributed by atoms with Crippen molar-refractivity contribution in [2.45, 2.75) is 55.9 Å². The lowest BCUT2D eigenvalue weighted by Crippen LogP contribution is -2.51. The van der Waals surface area contributed by atoms with Gasteiger partial charge in [0.2, 0.25) is 0 Å². The summed E-state index contributed by atoms with van der Waals surface area (Å²) in [6.07, 6.45) is 2.87. The summed E-state index contributed by atoms with van der Waals surface area (Å²) in [5, 5.41) is 25.1. The molecule has 4 saturated heterocycles. The topological polar surface area (TPSA) is 94.0 Å². The highest BCUT2D eigenvalue weighted by Crippen LogP contribution is 2.46. The van der Waals surface area contributed by atoms with Crippen molar-refractivity contribution in [1.29, 1.82) is 0 Å². The maximum absolute atomic E-state index is 16.7. The zero-order chi connectivity index (χ0) is 30.3. The van der Waals surface area contributed by atoms with Gasteiger partial charge in [0.05, 0.1) is 16.5 Å². The molecular formula is C32H31F4N5O3. The van der Waals surface area contributed by atoms with E-state index in [1.54, 1.807) is 0 Å². The molecule has 12 heteroatoms. The minimum absolute atomic E-state index is 0.0925. The first-order valence-electron chi connectivity index (χ1n) is 15.1. The predicted molar refractivity (Wildman–Crippen MR) is 156 cm³/mol. The van der Waals surface area contributed by atoms with Crippen molar-refractivity contribution < 1.29 is 32.5 Å². The number of fused-ring (bicyclic) bond motifs is 5. The fraction of sp³-hybridized carbons (Fsp3) is 0.438. The molecule has 4 aliphatic rings. The zero-order valence-corrected chi connectivity index (χ0v) is 23.8. The van der Waals surface area contributed by atoms with Gasteiger partial charge in [-0.15, -0.1) is 0 Å². The second-order valence-electron chi connectivity index (χ2n) is 12.6. The van der Waals surface area contributed by atoms with Crippen molar-refractivity contribution in [3.63, 3.8) is 0 Å². The third kappa shape index (κ3) is 4.25. The van der Waals surface area contributed by atoms with Crippen molar-refractivity contribution in [1.82, 2.24) is 20.2 Å². The van der Waals surface area contributed by atoms with Crippen LogP contribution in [0.25, 0.3) is 32.8 Å². The molecule has 8 nitrogen and oxygen atoms in total. The van der Waals surface area contributed by atoms with E-state index in [9.17, 15) is 14.6 Å². The SMILES string of the molecule is Oc1cc(-c2c(F)c(O)c3c(N4CC5CCC(C4)N5)nc(OC[C@@]45CCCN4C[C@H](F)C5)nc3c2F)c2c(F)cccc2c1. The second-order valence-corrected chi connectivity index (χ2v) is 12.6. The van der Waals surface area contributed by atoms with E-state index >= 15 is 13.2 Å². The van der Waals surface area contributed by atoms with E-state index in [0.29, 0.717) is 26.1 Å². The third-order valence-corrected chi connectivity index (χ3v) is 9.89. The lowest BCUT2D eigenvalue weighted by atomic mass is 9.94. The van der Waals surface area contributed by atoms with E-state index in [1.165, 1.54) is 18.2 Å². The van der Waals surface area contributed by atoms with Crippen LogP contribution in [-0.2, 0) is 0 Å². The molecule has 0 radical (unpaired) electrons. The van der Waals surface area contributed by atoms with Gasteiger partial charge in [0.1, 0.15) is 35.7 Å². The Balaban J connectivity index is 1.31. The van der Waals surface area contributed by atoms with Crippen molar-refractivity contribution in [2.75, 3.05) is 37.7 Å². The standard InChI is InChI=1S/C32H31F4N5O3/c33-17-11-32(7-2-8-41(32)12-17)15-44-31-38-28-25(30(39-31)40-13-18-5-6-19(14-40)37-18)29(43)27(36)24(26(28)35)21-10-20(42)9-16-3-1-4-22(34)23(16)21/h1,3-4,9-10,17-19,37,42-43H,2,5-8,11-15H2/t17-,18?,19?,32+/m1/s1. The average Bonchev–Trinajstić information content (AvgIpc) is 3.64. The molecular weight excluding hydrogens is 578 g/mol. The Labute approximate surface area is 250 Å². The molecule has 44 heavy (non-hydrogen) atoms. The molecule has 1 aromatic heterocycles. The highest BCUT2D eigenvalue weighted by Gasteiger charge is 2.49. The van der Waals surface area contributed by atoms with Gasteiger partial charge < -0.3 is 25.2 Å². The maximum Gasteiger partial charge on any atom is 0.319 e. The lowest BCUT2D eigenvalue weighted by Gasteiger charge is -2.35. The Kier molecular flexibility index (Phi) is 6.32. The number of hydrogen-bond donors (Lipinski definition) is 3. The Morgan fingerprint density at radius 2 is 1.80 bits per heavy atom. The molecule has 8 rings (SSSR count). The van der Waals surface area contributed by atoms with Crippen LogP contribution in [0.1, 0.15) is 32.1 Å². The first-order valence-corrected chi connectivity index (χ1v) is 15.1. The number of phenolic OH excluding ortho intramolecular Hbond substituents is 2. The summed E-state index contributed by atoms with van der Waals surface area (Å²) in [6, 6.07) is 6.56. The van der Waals surface area contributed by atoms with Crippen LogP contribution in [0.4, 0.5) is 23.4 Å². The minimum atomic E-state index is -1.32. The molecule has 4 aromatic rings. The maximum atomic E-state index is 16.7. The molecule has 0 amide bonds. The number of halogens is 4. The van der Waals surface area contributed by atoms with Gasteiger partial charge in [-0.1, -0.05) is 12.1 Å². The first kappa shape index (κ1) is 27.6. The molecule has 230 valence electrons. The van der Waals surface area contributed by atoms with Crippen LogP contribution < -0.4 is 15.0 Å². The van der Waals surface area contributed by atoms with E-state index in [2.05, 4.69) is 20.2 Å². The Hall–Kier alpha value is -3.90. The molecule has 0 aliphatic carbocycles. The highest BCUT2D eigenvalue weighted by atomic mass is 19.1. The number of nitrogens with one attached hydrogen (secondary N) is 1. The molecule has 3 aromatic carbocycles. The van der Waals surface area contributed by atoms with Crippen LogP contribution in [0.5, 0.6) is 17.5 Å². The lowest BCUT2D eigenvalue weighted by molar-refractivity contribution is 0.107. The molecule has 3 N–H and O–H groups in total. The molecule has 4 fully saturated rings. The van der Waals surface area contributed by atoms with E-state index in [0.717, 1.165) is 44.4 Å². The zero-order valence-electron chi connectivity index (χ0n) is 23.8. The van der Waals surface area contributed by atoms with Crippen molar-refractivity contribution >= 4 is 27.5 Å². The van der Waals surface area contributed by atoms with Crippen molar-refractivity contribution in [3.8, 4) is 28.6 Å². The number of aromatic hydroxyl groups is 2. The van der Waals surface area contributed by atoms with Crippen LogP contribution in [0.2, 0.25) is 0 Å². The van der Waals surface area contributed by atoms with Gasteiger partial charge in [0, 0.05) is 49.1 Å². The van der Waals surface area contributed by atoms with Crippen molar-refractivity contribution in [3.05, 3.63) is 47.8 Å². The monoisotopic (exact) mass is 609 g/mol. The number of rotatable bonds is 5. The van der Waals surface area contributed by atoms with Gasteiger partial charge in [-0.25, -0.2) is 17.6 Å². The fourth-order valence-electron chi connectivity index (χ4n) is 7.96. The molecule has 2 unspecified atom stereocenters. The first-order chi connectivity index (χ1) is 21.2. The van der Waals surface area contributed by atoms with Gasteiger partial charge in [-0.05, 0) is 55.8 Å². The van der Waals surface area contributed by atoms with Crippen molar-refractivity contribution in [2.24, 2.45) is 0 Å². The summed E-state index contributed by atoms with van der Waals surface area (Å²) >= 11 is 0. The molecule has 0 spiro atoms. The average molecular weight is 610 g/mol. The summed E-state index contributed by atoms with van der Waals surface area (Å²) < 4.78 is 68.5. The molecule has 0 saturated carbocycles. The summed E-state index contributed by atoms with van der Waals surface area (Å²) in [4.78, 5) is 12.9. The van der Waals surface area contributed by atoms with E-state index in [4.69, 9.17) is 4.74 Å². The molecule has 4 aliphatic heterocycles. The normalized spacial score (nSPS) is 26.6. The fourth-order valence-corrected chi connectivity index (χ4v) is 7.96. The number of anilines is 1. The van der Waals surface area contributed by atoms with Crippen LogP contribution in [0.3, 0.4) is 0 Å². The van der Waals surface area contributed by atoms with Gasteiger partial charge >= 0.3 is 6.01 Å². The van der Waals surface area contributed by atoms with Gasteiger partial charge in [0.25, 0.3) is 0 Å². The van der Waals surface area contributed by atoms with Crippen LogP contribution in [-0.4, -0.2) is 81.7 Å². The van der Waals surface area contributed by atoms with Crippen LogP contribution in [0, 0.1) is 17.5 Å². The molecule has 2 bridgehead atoms. The van der Waals surface area contributed by atoms with Crippen LogP contribution in [0.15, 0.2) is 30.3 Å². The third-order valence-electron chi connectivity index (χ3n) is 9.89. The molecule has 4 atom stereocenters. The minimum Gasteiger partial charge on any atom is -0.508 e. The number of hydrogen-bond acceptors (Lipinski definition) is 8. The Bertz CT molecular complexity index is 1810. The molecule has 5 heterocycles. The van der Waals surface area contributed by atoms with Gasteiger partial charge in [0.15, 0.2) is 17.4 Å².